The van der Waals surface area contributed by atoms with Gasteiger partial charge in [0.2, 0.25) is 0 Å². The number of benzene rings is 1. The van der Waals surface area contributed by atoms with Crippen LogP contribution >= 0.6 is 11.3 Å². The maximum atomic E-state index is 5.47. The Balaban J connectivity index is 2.44. The van der Waals surface area contributed by atoms with Crippen molar-refractivity contribution in [3.05, 3.63) is 40.4 Å². The molecule has 0 aliphatic carbocycles. The molecule has 0 bridgehead atoms. The fourth-order valence-electron chi connectivity index (χ4n) is 2.19. The monoisotopic (exact) mass is 333 g/mol. The van der Waals surface area contributed by atoms with Crippen molar-refractivity contribution in [3.63, 3.8) is 0 Å². The van der Waals surface area contributed by atoms with Crippen molar-refractivity contribution in [2.75, 3.05) is 21.3 Å². The SMILES string of the molecule is C=CC[n+]1nc(C)sc1C=Cc1cc(OC)cc(OC)c1OC. The first-order valence-corrected chi connectivity index (χ1v) is 7.91. The summed E-state index contributed by atoms with van der Waals surface area (Å²) in [6.07, 6.45) is 5.80. The lowest BCUT2D eigenvalue weighted by molar-refractivity contribution is -0.741. The lowest BCUT2D eigenvalue weighted by atomic mass is 10.1. The second-order valence-electron chi connectivity index (χ2n) is 4.72. The summed E-state index contributed by atoms with van der Waals surface area (Å²) in [6, 6.07) is 3.70. The second-order valence-corrected chi connectivity index (χ2v) is 5.93. The Labute approximate surface area is 140 Å². The quantitative estimate of drug-likeness (QED) is 0.577. The highest BCUT2D eigenvalue weighted by Gasteiger charge is 2.15. The van der Waals surface area contributed by atoms with Crippen LogP contribution in [0.3, 0.4) is 0 Å². The Kier molecular flexibility index (Phi) is 5.76. The second kappa shape index (κ2) is 7.78. The van der Waals surface area contributed by atoms with Gasteiger partial charge in [0.1, 0.15) is 5.75 Å². The van der Waals surface area contributed by atoms with Crippen LogP contribution in [0.5, 0.6) is 17.2 Å². The van der Waals surface area contributed by atoms with E-state index in [4.69, 9.17) is 14.2 Å². The zero-order chi connectivity index (χ0) is 16.8. The number of methoxy groups -OCH3 is 3. The minimum Gasteiger partial charge on any atom is -0.497 e. The molecular formula is C17H21N2O3S+. The Morgan fingerprint density at radius 3 is 2.57 bits per heavy atom. The third kappa shape index (κ3) is 3.90. The van der Waals surface area contributed by atoms with E-state index < -0.39 is 0 Å². The van der Waals surface area contributed by atoms with Gasteiger partial charge in [0.15, 0.2) is 23.1 Å². The summed E-state index contributed by atoms with van der Waals surface area (Å²) in [5.41, 5.74) is 0.875. The largest absolute Gasteiger partial charge is 0.497 e. The van der Waals surface area contributed by atoms with Gasteiger partial charge in [0.05, 0.1) is 21.3 Å². The Morgan fingerprint density at radius 1 is 1.17 bits per heavy atom. The molecule has 0 aliphatic heterocycles. The highest BCUT2D eigenvalue weighted by molar-refractivity contribution is 7.11. The molecule has 0 N–H and O–H groups in total. The van der Waals surface area contributed by atoms with Crippen molar-refractivity contribution in [3.8, 4) is 17.2 Å². The van der Waals surface area contributed by atoms with E-state index >= 15 is 0 Å². The molecule has 1 aromatic carbocycles. The van der Waals surface area contributed by atoms with Crippen LogP contribution < -0.4 is 18.9 Å². The van der Waals surface area contributed by atoms with Crippen molar-refractivity contribution in [2.24, 2.45) is 0 Å². The van der Waals surface area contributed by atoms with Crippen molar-refractivity contribution in [1.29, 1.82) is 0 Å². The van der Waals surface area contributed by atoms with Gasteiger partial charge >= 0.3 is 0 Å². The maximum Gasteiger partial charge on any atom is 0.289 e. The molecular weight excluding hydrogens is 312 g/mol. The molecule has 0 spiro atoms. The van der Waals surface area contributed by atoms with E-state index in [-0.39, 0.29) is 0 Å². The smallest absolute Gasteiger partial charge is 0.289 e. The Bertz CT molecular complexity index is 723. The van der Waals surface area contributed by atoms with E-state index in [1.807, 2.05) is 35.9 Å². The van der Waals surface area contributed by atoms with Crippen molar-refractivity contribution >= 4 is 23.5 Å². The standard InChI is InChI=1S/C17H21N2O3S/c1-6-9-19-16(23-12(2)18-19)8-7-13-10-14(20-3)11-15(21-4)17(13)22-5/h6-8,10-11H,1,9H2,2-5H3/q+1. The van der Waals surface area contributed by atoms with Crippen LogP contribution in [-0.2, 0) is 6.54 Å². The molecule has 0 fully saturated rings. The molecule has 0 unspecified atom stereocenters. The van der Waals surface area contributed by atoms with Crippen molar-refractivity contribution < 1.29 is 18.9 Å². The van der Waals surface area contributed by atoms with Gasteiger partial charge in [-0.15, -0.1) is 0 Å². The Morgan fingerprint density at radius 2 is 1.96 bits per heavy atom. The molecule has 0 saturated carbocycles. The van der Waals surface area contributed by atoms with Gasteiger partial charge in [-0.05, 0) is 36.5 Å². The zero-order valence-electron chi connectivity index (χ0n) is 13.8. The Hall–Kier alpha value is -2.34. The first kappa shape index (κ1) is 17.0. The van der Waals surface area contributed by atoms with Crippen LogP contribution in [-0.4, -0.2) is 26.4 Å². The summed E-state index contributed by atoms with van der Waals surface area (Å²) in [6.45, 7) is 6.42. The van der Waals surface area contributed by atoms with Crippen LogP contribution in [0.2, 0.25) is 0 Å². The van der Waals surface area contributed by atoms with Crippen LogP contribution in [0.1, 0.15) is 15.6 Å². The van der Waals surface area contributed by atoms with Gasteiger partial charge in [-0.2, -0.15) is 0 Å². The fraction of sp³-hybridized carbons (Fsp3) is 0.294. The van der Waals surface area contributed by atoms with E-state index in [0.717, 1.165) is 15.6 Å². The first-order valence-electron chi connectivity index (χ1n) is 7.09. The van der Waals surface area contributed by atoms with Gasteiger partial charge in [0.25, 0.3) is 5.01 Å². The molecule has 0 amide bonds. The van der Waals surface area contributed by atoms with Crippen molar-refractivity contribution in [2.45, 2.75) is 13.5 Å². The van der Waals surface area contributed by atoms with Gasteiger partial charge in [0, 0.05) is 22.8 Å². The fourth-order valence-corrected chi connectivity index (χ4v) is 2.99. The predicted molar refractivity (Wildman–Crippen MR) is 92.3 cm³/mol. The van der Waals surface area contributed by atoms with Gasteiger partial charge < -0.3 is 14.2 Å². The molecule has 0 saturated heterocycles. The number of allylic oxidation sites excluding steroid dienone is 1. The normalized spacial score (nSPS) is 10.8. The van der Waals surface area contributed by atoms with E-state index in [9.17, 15) is 0 Å². The predicted octanol–water partition coefficient (Wildman–Crippen LogP) is 3.12. The molecule has 23 heavy (non-hydrogen) atoms. The van der Waals surface area contributed by atoms with Crippen LogP contribution in [0.15, 0.2) is 24.8 Å². The minimum atomic E-state index is 0.631. The molecule has 6 heteroatoms. The molecule has 2 rings (SSSR count). The average Bonchev–Trinajstić information content (AvgIpc) is 2.91. The summed E-state index contributed by atoms with van der Waals surface area (Å²) in [7, 11) is 4.85. The molecule has 122 valence electrons. The summed E-state index contributed by atoms with van der Waals surface area (Å²) >= 11 is 1.62. The van der Waals surface area contributed by atoms with Crippen LogP contribution in [0.4, 0.5) is 0 Å². The molecule has 0 atom stereocenters. The summed E-state index contributed by atoms with van der Waals surface area (Å²) in [5, 5.41) is 6.49. The molecule has 5 nitrogen and oxygen atoms in total. The number of aryl methyl sites for hydroxylation is 1. The maximum absolute atomic E-state index is 5.47. The molecule has 2 aromatic rings. The summed E-state index contributed by atoms with van der Waals surface area (Å²) < 4.78 is 18.1. The summed E-state index contributed by atoms with van der Waals surface area (Å²) in [4.78, 5) is 0. The minimum absolute atomic E-state index is 0.631. The van der Waals surface area contributed by atoms with E-state index in [1.165, 1.54) is 0 Å². The number of ether oxygens (including phenoxy) is 3. The van der Waals surface area contributed by atoms with Gasteiger partial charge in [-0.1, -0.05) is 11.3 Å². The lowest BCUT2D eigenvalue weighted by Crippen LogP contribution is -2.37. The van der Waals surface area contributed by atoms with E-state index in [1.54, 1.807) is 38.7 Å². The number of aromatic nitrogens is 2. The first-order chi connectivity index (χ1) is 11.1. The van der Waals surface area contributed by atoms with Crippen LogP contribution in [0, 0.1) is 6.92 Å². The lowest BCUT2D eigenvalue weighted by Gasteiger charge is -2.12. The van der Waals surface area contributed by atoms with Gasteiger partial charge in [-0.25, -0.2) is 0 Å². The molecule has 0 radical (unpaired) electrons. The molecule has 1 aromatic heterocycles. The van der Waals surface area contributed by atoms with E-state index in [2.05, 4.69) is 11.7 Å². The highest BCUT2D eigenvalue weighted by Crippen LogP contribution is 2.36. The molecule has 0 aliphatic rings. The number of rotatable bonds is 7. The average molecular weight is 333 g/mol. The summed E-state index contributed by atoms with van der Waals surface area (Å²) in [5.74, 6) is 2.01. The third-order valence-corrected chi connectivity index (χ3v) is 4.13. The van der Waals surface area contributed by atoms with Crippen LogP contribution in [0.25, 0.3) is 12.2 Å². The van der Waals surface area contributed by atoms with Crippen molar-refractivity contribution in [1.82, 2.24) is 5.10 Å². The number of nitrogens with zero attached hydrogens (tertiary/aromatic N) is 2. The number of hydrogen-bond acceptors (Lipinski definition) is 5. The zero-order valence-corrected chi connectivity index (χ0v) is 14.6. The van der Waals surface area contributed by atoms with Gasteiger partial charge in [-0.3, -0.25) is 0 Å². The molecule has 1 heterocycles. The highest BCUT2D eigenvalue weighted by atomic mass is 32.1. The van der Waals surface area contributed by atoms with E-state index in [0.29, 0.717) is 23.8 Å². The third-order valence-electron chi connectivity index (χ3n) is 3.19. The number of hydrogen-bond donors (Lipinski definition) is 0. The topological polar surface area (TPSA) is 44.5 Å².